The van der Waals surface area contributed by atoms with Crippen molar-refractivity contribution in [1.29, 1.82) is 0 Å². The zero-order valence-corrected chi connectivity index (χ0v) is 15.3. The number of alkyl halides is 3. The standard InChI is InChI=1S/C19H25F3N2O3/c1-14-12-24(13-18(27-14)7-10-26-11-8-18)17(25)23-9-6-15-2-4-16(5-3-15)19(20,21)22/h2-5,14H,6-13H2,1H3,(H,23,25). The van der Waals surface area contributed by atoms with Gasteiger partial charge in [0.15, 0.2) is 0 Å². The van der Waals surface area contributed by atoms with Crippen molar-refractivity contribution in [2.75, 3.05) is 32.8 Å². The minimum absolute atomic E-state index is 0.0440. The lowest BCUT2D eigenvalue weighted by molar-refractivity contribution is -0.175. The maximum Gasteiger partial charge on any atom is 0.416 e. The van der Waals surface area contributed by atoms with Crippen LogP contribution in [0.25, 0.3) is 0 Å². The van der Waals surface area contributed by atoms with Gasteiger partial charge in [0.05, 0.1) is 23.8 Å². The van der Waals surface area contributed by atoms with E-state index in [0.29, 0.717) is 39.3 Å². The van der Waals surface area contributed by atoms with E-state index in [-0.39, 0.29) is 17.7 Å². The van der Waals surface area contributed by atoms with Crippen molar-refractivity contribution in [3.05, 3.63) is 35.4 Å². The highest BCUT2D eigenvalue weighted by molar-refractivity contribution is 5.74. The summed E-state index contributed by atoms with van der Waals surface area (Å²) < 4.78 is 49.3. The molecule has 0 radical (unpaired) electrons. The predicted molar refractivity (Wildman–Crippen MR) is 93.5 cm³/mol. The van der Waals surface area contributed by atoms with Crippen LogP contribution < -0.4 is 5.32 Å². The molecule has 1 spiro atoms. The van der Waals surface area contributed by atoms with Gasteiger partial charge in [0.1, 0.15) is 0 Å². The van der Waals surface area contributed by atoms with Crippen LogP contribution >= 0.6 is 0 Å². The fraction of sp³-hybridized carbons (Fsp3) is 0.632. The minimum atomic E-state index is -4.33. The highest BCUT2D eigenvalue weighted by atomic mass is 19.4. The molecule has 150 valence electrons. The molecule has 1 unspecified atom stereocenters. The van der Waals surface area contributed by atoms with Gasteiger partial charge in [0.2, 0.25) is 0 Å². The summed E-state index contributed by atoms with van der Waals surface area (Å²) in [5.74, 6) is 0. The van der Waals surface area contributed by atoms with Gasteiger partial charge in [0.25, 0.3) is 0 Å². The van der Waals surface area contributed by atoms with Gasteiger partial charge in [-0.05, 0) is 31.0 Å². The Balaban J connectivity index is 1.50. The van der Waals surface area contributed by atoms with Crippen molar-refractivity contribution < 1.29 is 27.4 Å². The van der Waals surface area contributed by atoms with Crippen molar-refractivity contribution in [3.8, 4) is 0 Å². The Labute approximate surface area is 156 Å². The Morgan fingerprint density at radius 1 is 1.26 bits per heavy atom. The molecule has 2 saturated heterocycles. The number of hydrogen-bond donors (Lipinski definition) is 1. The zero-order valence-electron chi connectivity index (χ0n) is 15.3. The number of amides is 2. The zero-order chi connectivity index (χ0) is 19.5. The maximum atomic E-state index is 12.6. The Hall–Kier alpha value is -1.80. The summed E-state index contributed by atoms with van der Waals surface area (Å²) in [6, 6.07) is 4.86. The SMILES string of the molecule is CC1CN(C(=O)NCCc2ccc(C(F)(F)F)cc2)CC2(CCOCC2)O1. The molecule has 2 heterocycles. The Morgan fingerprint density at radius 2 is 1.93 bits per heavy atom. The van der Waals surface area contributed by atoms with E-state index in [9.17, 15) is 18.0 Å². The molecule has 1 N–H and O–H groups in total. The number of halogens is 3. The fourth-order valence-electron chi connectivity index (χ4n) is 3.68. The summed E-state index contributed by atoms with van der Waals surface area (Å²) in [6.07, 6.45) is -2.36. The first-order chi connectivity index (χ1) is 12.8. The summed E-state index contributed by atoms with van der Waals surface area (Å²) in [5.41, 5.74) is -0.250. The molecular formula is C19H25F3N2O3. The number of ether oxygens (including phenoxy) is 2. The number of rotatable bonds is 3. The van der Waals surface area contributed by atoms with Crippen LogP contribution in [0.5, 0.6) is 0 Å². The van der Waals surface area contributed by atoms with E-state index in [2.05, 4.69) is 5.32 Å². The molecule has 1 aromatic carbocycles. The molecule has 3 rings (SSSR count). The Kier molecular flexibility index (Phi) is 5.95. The smallest absolute Gasteiger partial charge is 0.381 e. The fourth-order valence-corrected chi connectivity index (χ4v) is 3.68. The molecular weight excluding hydrogens is 361 g/mol. The summed E-state index contributed by atoms with van der Waals surface area (Å²) in [6.45, 7) is 4.65. The summed E-state index contributed by atoms with van der Waals surface area (Å²) in [5, 5.41) is 2.87. The maximum absolute atomic E-state index is 12.6. The number of morpholine rings is 1. The van der Waals surface area contributed by atoms with Gasteiger partial charge < -0.3 is 19.7 Å². The molecule has 0 aliphatic carbocycles. The first-order valence-electron chi connectivity index (χ1n) is 9.22. The topological polar surface area (TPSA) is 50.8 Å². The first-order valence-corrected chi connectivity index (χ1v) is 9.22. The van der Waals surface area contributed by atoms with Crippen LogP contribution in [0.1, 0.15) is 30.9 Å². The molecule has 2 amide bonds. The molecule has 2 aliphatic heterocycles. The van der Waals surface area contributed by atoms with E-state index in [1.54, 1.807) is 4.90 Å². The third-order valence-electron chi connectivity index (χ3n) is 5.07. The summed E-state index contributed by atoms with van der Waals surface area (Å²) >= 11 is 0. The molecule has 8 heteroatoms. The minimum Gasteiger partial charge on any atom is -0.381 e. The van der Waals surface area contributed by atoms with Crippen molar-refractivity contribution >= 4 is 6.03 Å². The van der Waals surface area contributed by atoms with Gasteiger partial charge in [0, 0.05) is 39.1 Å². The number of urea groups is 1. The van der Waals surface area contributed by atoms with Crippen LogP contribution in [0.2, 0.25) is 0 Å². The second kappa shape index (κ2) is 8.06. The first kappa shape index (κ1) is 19.9. The average Bonchev–Trinajstić information content (AvgIpc) is 2.61. The van der Waals surface area contributed by atoms with Gasteiger partial charge in [-0.3, -0.25) is 0 Å². The Morgan fingerprint density at radius 3 is 2.56 bits per heavy atom. The van der Waals surface area contributed by atoms with Crippen molar-refractivity contribution in [3.63, 3.8) is 0 Å². The number of nitrogens with zero attached hydrogens (tertiary/aromatic N) is 1. The van der Waals surface area contributed by atoms with E-state index in [0.717, 1.165) is 30.5 Å². The van der Waals surface area contributed by atoms with Crippen molar-refractivity contribution in [2.24, 2.45) is 0 Å². The lowest BCUT2D eigenvalue weighted by Crippen LogP contribution is -2.60. The number of hydrogen-bond acceptors (Lipinski definition) is 3. The summed E-state index contributed by atoms with van der Waals surface area (Å²) in [4.78, 5) is 14.3. The third-order valence-corrected chi connectivity index (χ3v) is 5.07. The largest absolute Gasteiger partial charge is 0.416 e. The predicted octanol–water partition coefficient (Wildman–Crippen LogP) is 3.23. The van der Waals surface area contributed by atoms with Crippen molar-refractivity contribution in [2.45, 2.75) is 44.1 Å². The monoisotopic (exact) mass is 386 g/mol. The van der Waals surface area contributed by atoms with Gasteiger partial charge in [-0.1, -0.05) is 12.1 Å². The number of nitrogens with one attached hydrogen (secondary N) is 1. The molecule has 1 atom stereocenters. The van der Waals surface area contributed by atoms with Gasteiger partial charge in [-0.15, -0.1) is 0 Å². The van der Waals surface area contributed by atoms with E-state index < -0.39 is 11.7 Å². The lowest BCUT2D eigenvalue weighted by atomic mass is 9.91. The molecule has 1 aromatic rings. The third kappa shape index (κ3) is 5.13. The Bertz CT molecular complexity index is 643. The molecule has 0 saturated carbocycles. The number of carbonyl (C=O) groups excluding carboxylic acids is 1. The van der Waals surface area contributed by atoms with Gasteiger partial charge >= 0.3 is 12.2 Å². The van der Waals surface area contributed by atoms with E-state index in [4.69, 9.17) is 9.47 Å². The van der Waals surface area contributed by atoms with Crippen LogP contribution in [0.3, 0.4) is 0 Å². The molecule has 5 nitrogen and oxygen atoms in total. The second-order valence-electron chi connectivity index (χ2n) is 7.28. The highest BCUT2D eigenvalue weighted by Crippen LogP contribution is 2.31. The van der Waals surface area contributed by atoms with E-state index in [1.807, 2.05) is 6.92 Å². The molecule has 2 aliphatic rings. The normalized spacial score (nSPS) is 22.7. The molecule has 0 aromatic heterocycles. The van der Waals surface area contributed by atoms with Crippen LogP contribution in [-0.2, 0) is 22.1 Å². The number of benzene rings is 1. The quantitative estimate of drug-likeness (QED) is 0.868. The number of carbonyl (C=O) groups is 1. The van der Waals surface area contributed by atoms with Gasteiger partial charge in [-0.25, -0.2) is 4.79 Å². The van der Waals surface area contributed by atoms with Crippen LogP contribution in [0.4, 0.5) is 18.0 Å². The van der Waals surface area contributed by atoms with Crippen LogP contribution in [0, 0.1) is 0 Å². The van der Waals surface area contributed by atoms with E-state index in [1.165, 1.54) is 12.1 Å². The van der Waals surface area contributed by atoms with Gasteiger partial charge in [-0.2, -0.15) is 13.2 Å². The molecule has 0 bridgehead atoms. The van der Waals surface area contributed by atoms with Crippen molar-refractivity contribution in [1.82, 2.24) is 10.2 Å². The van der Waals surface area contributed by atoms with E-state index >= 15 is 0 Å². The molecule has 2 fully saturated rings. The van der Waals surface area contributed by atoms with Crippen LogP contribution in [0.15, 0.2) is 24.3 Å². The second-order valence-corrected chi connectivity index (χ2v) is 7.28. The molecule has 27 heavy (non-hydrogen) atoms. The lowest BCUT2D eigenvalue weighted by Gasteiger charge is -2.47. The highest BCUT2D eigenvalue weighted by Gasteiger charge is 2.42. The van der Waals surface area contributed by atoms with Crippen LogP contribution in [-0.4, -0.2) is 55.5 Å². The summed E-state index contributed by atoms with van der Waals surface area (Å²) in [7, 11) is 0. The average molecular weight is 386 g/mol.